The molecule has 0 fully saturated rings. The molecule has 1 aromatic rings. The number of aliphatic carboxylic acids is 1. The molecule has 10 heteroatoms. The van der Waals surface area contributed by atoms with Gasteiger partial charge in [0.2, 0.25) is 5.91 Å². The third-order valence-electron chi connectivity index (χ3n) is 4.14. The summed E-state index contributed by atoms with van der Waals surface area (Å²) in [6.07, 6.45) is 0.151. The predicted molar refractivity (Wildman–Crippen MR) is 102 cm³/mol. The number of hydrogen-bond acceptors (Lipinski definition) is 8. The Hall–Kier alpha value is -2.98. The van der Waals surface area contributed by atoms with Crippen LogP contribution in [-0.2, 0) is 35.1 Å². The molecule has 0 heterocycles. The summed E-state index contributed by atoms with van der Waals surface area (Å²) in [5.74, 6) is -3.80. The highest BCUT2D eigenvalue weighted by Crippen LogP contribution is 2.14. The van der Waals surface area contributed by atoms with Gasteiger partial charge in [-0.2, -0.15) is 0 Å². The van der Waals surface area contributed by atoms with E-state index in [2.05, 4.69) is 0 Å². The van der Waals surface area contributed by atoms with Crippen molar-refractivity contribution in [2.75, 3.05) is 13.2 Å². The van der Waals surface area contributed by atoms with Crippen molar-refractivity contribution in [3.8, 4) is 0 Å². The van der Waals surface area contributed by atoms with Crippen LogP contribution in [0.15, 0.2) is 30.3 Å². The fourth-order valence-electron chi connectivity index (χ4n) is 2.48. The lowest BCUT2D eigenvalue weighted by molar-refractivity contribution is -0.153. The van der Waals surface area contributed by atoms with Gasteiger partial charge in [0.25, 0.3) is 0 Å². The van der Waals surface area contributed by atoms with E-state index in [0.29, 0.717) is 6.42 Å². The summed E-state index contributed by atoms with van der Waals surface area (Å²) in [4.78, 5) is 45.6. The summed E-state index contributed by atoms with van der Waals surface area (Å²) in [5, 5.41) is 8.63. The van der Waals surface area contributed by atoms with E-state index in [1.807, 2.05) is 30.3 Å². The maximum atomic E-state index is 12.0. The van der Waals surface area contributed by atoms with Gasteiger partial charge in [0.1, 0.15) is 25.3 Å². The fraction of sp³-hybridized carbons (Fsp3) is 0.474. The van der Waals surface area contributed by atoms with E-state index < -0.39 is 41.8 Å². The SMILES string of the molecule is NC(=O)C(Cc1ccccc1)C[C@H](N)C(=O)OCCOC(=O)CC[C@@H](N)C(=O)O. The van der Waals surface area contributed by atoms with Gasteiger partial charge in [-0.05, 0) is 24.8 Å². The standard InChI is InChI=1S/C19H27N3O7/c20-14(18(25)26)6-7-16(23)28-8-9-29-19(27)15(21)11-13(17(22)24)10-12-4-2-1-3-5-12/h1-5,13-15H,6-11,20-21H2,(H2,22,24)(H,25,26)/t13?,14-,15+/m1/s1. The number of esters is 2. The number of nitrogens with two attached hydrogens (primary N) is 3. The Morgan fingerprint density at radius 3 is 2.17 bits per heavy atom. The molecule has 0 spiro atoms. The van der Waals surface area contributed by atoms with Gasteiger partial charge in [-0.15, -0.1) is 0 Å². The van der Waals surface area contributed by atoms with Gasteiger partial charge in [-0.25, -0.2) is 0 Å². The third kappa shape index (κ3) is 9.67. The largest absolute Gasteiger partial charge is 0.480 e. The summed E-state index contributed by atoms with van der Waals surface area (Å²) in [6, 6.07) is 7.00. The lowest BCUT2D eigenvalue weighted by Crippen LogP contribution is -2.38. The molecule has 160 valence electrons. The van der Waals surface area contributed by atoms with Gasteiger partial charge in [-0.3, -0.25) is 19.2 Å². The number of primary amides is 1. The molecule has 0 aromatic heterocycles. The molecule has 0 bridgehead atoms. The number of carboxylic acids is 1. The Morgan fingerprint density at radius 2 is 1.59 bits per heavy atom. The molecule has 1 amide bonds. The van der Waals surface area contributed by atoms with Crippen molar-refractivity contribution in [2.45, 2.75) is 37.8 Å². The van der Waals surface area contributed by atoms with Crippen LogP contribution in [0.25, 0.3) is 0 Å². The van der Waals surface area contributed by atoms with Crippen LogP contribution in [0.4, 0.5) is 0 Å². The fourth-order valence-corrected chi connectivity index (χ4v) is 2.48. The zero-order chi connectivity index (χ0) is 21.8. The lowest BCUT2D eigenvalue weighted by atomic mass is 9.92. The van der Waals surface area contributed by atoms with Crippen LogP contribution >= 0.6 is 0 Å². The molecule has 0 aliphatic carbocycles. The summed E-state index contributed by atoms with van der Waals surface area (Å²) in [7, 11) is 0. The minimum atomic E-state index is -1.21. The summed E-state index contributed by atoms with van der Waals surface area (Å²) >= 11 is 0. The van der Waals surface area contributed by atoms with E-state index in [-0.39, 0.29) is 32.5 Å². The van der Waals surface area contributed by atoms with E-state index in [9.17, 15) is 19.2 Å². The highest BCUT2D eigenvalue weighted by Gasteiger charge is 2.24. The van der Waals surface area contributed by atoms with Crippen molar-refractivity contribution in [2.24, 2.45) is 23.1 Å². The Kier molecular flexibility index (Phi) is 10.3. The first-order valence-electron chi connectivity index (χ1n) is 9.10. The first kappa shape index (κ1) is 24.1. The Balaban J connectivity index is 2.33. The van der Waals surface area contributed by atoms with Crippen LogP contribution in [0, 0.1) is 5.92 Å². The van der Waals surface area contributed by atoms with Crippen molar-refractivity contribution in [1.82, 2.24) is 0 Å². The zero-order valence-electron chi connectivity index (χ0n) is 16.0. The van der Waals surface area contributed by atoms with E-state index in [0.717, 1.165) is 5.56 Å². The maximum Gasteiger partial charge on any atom is 0.323 e. The number of rotatable bonds is 13. The average Bonchev–Trinajstić information content (AvgIpc) is 2.69. The molecule has 1 rings (SSSR count). The summed E-state index contributed by atoms with van der Waals surface area (Å²) < 4.78 is 9.76. The smallest absolute Gasteiger partial charge is 0.323 e. The molecule has 10 nitrogen and oxygen atoms in total. The van der Waals surface area contributed by atoms with Gasteiger partial charge < -0.3 is 31.8 Å². The van der Waals surface area contributed by atoms with Crippen molar-refractivity contribution >= 4 is 23.8 Å². The van der Waals surface area contributed by atoms with Crippen LogP contribution in [0.5, 0.6) is 0 Å². The van der Waals surface area contributed by atoms with E-state index in [1.165, 1.54) is 0 Å². The highest BCUT2D eigenvalue weighted by atomic mass is 16.6. The van der Waals surface area contributed by atoms with Crippen molar-refractivity contribution < 1.29 is 33.8 Å². The van der Waals surface area contributed by atoms with E-state index >= 15 is 0 Å². The molecule has 1 unspecified atom stereocenters. The summed E-state index contributed by atoms with van der Waals surface area (Å²) in [6.45, 7) is -0.425. The monoisotopic (exact) mass is 409 g/mol. The van der Waals surface area contributed by atoms with E-state index in [4.69, 9.17) is 31.8 Å². The van der Waals surface area contributed by atoms with Crippen molar-refractivity contribution in [3.63, 3.8) is 0 Å². The molecule has 0 radical (unpaired) electrons. The molecule has 0 aliphatic rings. The minimum Gasteiger partial charge on any atom is -0.480 e. The van der Waals surface area contributed by atoms with Crippen LogP contribution in [0.2, 0.25) is 0 Å². The molecule has 3 atom stereocenters. The molecule has 0 saturated heterocycles. The number of carbonyl (C=O) groups is 4. The molecule has 7 N–H and O–H groups in total. The molecule has 0 saturated carbocycles. The maximum absolute atomic E-state index is 12.0. The zero-order valence-corrected chi connectivity index (χ0v) is 16.0. The number of carbonyl (C=O) groups excluding carboxylic acids is 3. The van der Waals surface area contributed by atoms with Gasteiger partial charge in [0.05, 0.1) is 0 Å². The Labute approximate surface area is 168 Å². The Morgan fingerprint density at radius 1 is 0.966 bits per heavy atom. The van der Waals surface area contributed by atoms with Gasteiger partial charge in [0, 0.05) is 12.3 Å². The second kappa shape index (κ2) is 12.5. The molecular weight excluding hydrogens is 382 g/mol. The number of benzene rings is 1. The first-order chi connectivity index (χ1) is 13.7. The molecule has 0 aliphatic heterocycles. The van der Waals surface area contributed by atoms with Gasteiger partial charge in [0.15, 0.2) is 0 Å². The predicted octanol–water partition coefficient (Wildman–Crippen LogP) is -0.673. The van der Waals surface area contributed by atoms with Gasteiger partial charge >= 0.3 is 17.9 Å². The topological polar surface area (TPSA) is 185 Å². The van der Waals surface area contributed by atoms with Crippen LogP contribution in [0.1, 0.15) is 24.8 Å². The number of amides is 1. The first-order valence-corrected chi connectivity index (χ1v) is 9.10. The third-order valence-corrected chi connectivity index (χ3v) is 4.14. The van der Waals surface area contributed by atoms with Crippen LogP contribution in [0.3, 0.4) is 0 Å². The second-order valence-electron chi connectivity index (χ2n) is 6.50. The number of carboxylic acid groups (broad SMARTS) is 1. The second-order valence-corrected chi connectivity index (χ2v) is 6.50. The molecular formula is C19H27N3O7. The number of hydrogen-bond donors (Lipinski definition) is 4. The molecule has 29 heavy (non-hydrogen) atoms. The summed E-state index contributed by atoms with van der Waals surface area (Å²) in [5.41, 5.74) is 17.4. The van der Waals surface area contributed by atoms with Crippen LogP contribution in [-0.4, -0.2) is 54.2 Å². The normalized spacial score (nSPS) is 13.7. The average molecular weight is 409 g/mol. The lowest BCUT2D eigenvalue weighted by Gasteiger charge is -2.18. The van der Waals surface area contributed by atoms with Crippen molar-refractivity contribution in [3.05, 3.63) is 35.9 Å². The van der Waals surface area contributed by atoms with Gasteiger partial charge in [-0.1, -0.05) is 30.3 Å². The quantitative estimate of drug-likeness (QED) is 0.242. The number of ether oxygens (including phenoxy) is 2. The molecule has 1 aromatic carbocycles. The minimum absolute atomic E-state index is 0.0237. The van der Waals surface area contributed by atoms with Crippen molar-refractivity contribution in [1.29, 1.82) is 0 Å². The van der Waals surface area contributed by atoms with E-state index in [1.54, 1.807) is 0 Å². The highest BCUT2D eigenvalue weighted by molar-refractivity contribution is 5.80. The Bertz CT molecular complexity index is 696. The van der Waals surface area contributed by atoms with Crippen LogP contribution < -0.4 is 17.2 Å².